The molecule has 2 rings (SSSR count). The Balaban J connectivity index is 1.93. The lowest BCUT2D eigenvalue weighted by Crippen LogP contribution is -2.19. The number of hydrogen-bond donors (Lipinski definition) is 0. The van der Waals surface area contributed by atoms with Gasteiger partial charge in [0.1, 0.15) is 5.75 Å². The summed E-state index contributed by atoms with van der Waals surface area (Å²) in [7, 11) is 0. The fourth-order valence-corrected chi connectivity index (χ4v) is 2.04. The van der Waals surface area contributed by atoms with Crippen LogP contribution >= 0.6 is 11.6 Å². The van der Waals surface area contributed by atoms with Gasteiger partial charge in [-0.05, 0) is 49.4 Å². The average Bonchev–Trinajstić information content (AvgIpc) is 2.30. The number of hydrogen-bond acceptors (Lipinski definition) is 1. The molecular weight excluding hydrogens is 244 g/mol. The number of halogens is 1. The Bertz CT molecular complexity index is 452. The van der Waals surface area contributed by atoms with Crippen molar-refractivity contribution in [3.63, 3.8) is 0 Å². The first-order valence-corrected chi connectivity index (χ1v) is 7.11. The van der Waals surface area contributed by atoms with E-state index in [9.17, 15) is 0 Å². The molecule has 0 spiro atoms. The van der Waals surface area contributed by atoms with Gasteiger partial charge < -0.3 is 4.74 Å². The maximum atomic E-state index is 5.80. The molecule has 1 aliphatic rings. The predicted molar refractivity (Wildman–Crippen MR) is 76.2 cm³/mol. The quantitative estimate of drug-likeness (QED) is 0.585. The standard InChI is InChI=1S/C16H19ClO/c1-13-11-16(18-12-14-5-4-6-14)9-8-15(13)7-2-3-10-17/h8-9,11,14H,3-6,10,12H2,1H3. The Kier molecular flexibility index (Phi) is 4.96. The zero-order valence-corrected chi connectivity index (χ0v) is 11.6. The maximum Gasteiger partial charge on any atom is 0.119 e. The van der Waals surface area contributed by atoms with Crippen molar-refractivity contribution in [3.8, 4) is 17.6 Å². The fourth-order valence-electron chi connectivity index (χ4n) is 1.94. The van der Waals surface area contributed by atoms with Gasteiger partial charge in [-0.3, -0.25) is 0 Å². The first-order valence-electron chi connectivity index (χ1n) is 6.58. The van der Waals surface area contributed by atoms with Gasteiger partial charge in [0.05, 0.1) is 6.61 Å². The summed E-state index contributed by atoms with van der Waals surface area (Å²) in [6, 6.07) is 6.12. The summed E-state index contributed by atoms with van der Waals surface area (Å²) in [5.41, 5.74) is 2.24. The second kappa shape index (κ2) is 6.71. The zero-order valence-electron chi connectivity index (χ0n) is 10.8. The van der Waals surface area contributed by atoms with E-state index in [-0.39, 0.29) is 0 Å². The van der Waals surface area contributed by atoms with Crippen LogP contribution in [0.1, 0.15) is 36.8 Å². The predicted octanol–water partition coefficient (Wildman–Crippen LogP) is 4.15. The molecule has 1 saturated carbocycles. The summed E-state index contributed by atoms with van der Waals surface area (Å²) in [6.45, 7) is 2.93. The Labute approximate surface area is 114 Å². The lowest BCUT2D eigenvalue weighted by Gasteiger charge is -2.25. The zero-order chi connectivity index (χ0) is 12.8. The Morgan fingerprint density at radius 2 is 2.22 bits per heavy atom. The van der Waals surface area contributed by atoms with E-state index in [0.717, 1.165) is 30.3 Å². The molecule has 0 aromatic heterocycles. The van der Waals surface area contributed by atoms with Crippen LogP contribution < -0.4 is 4.74 Å². The van der Waals surface area contributed by atoms with Crippen LogP contribution in [0, 0.1) is 24.7 Å². The summed E-state index contributed by atoms with van der Waals surface area (Å²) >= 11 is 5.60. The molecule has 1 aromatic rings. The molecule has 0 atom stereocenters. The van der Waals surface area contributed by atoms with Gasteiger partial charge in [0, 0.05) is 17.9 Å². The molecule has 0 N–H and O–H groups in total. The normalized spacial score (nSPS) is 14.6. The van der Waals surface area contributed by atoms with Crippen LogP contribution in [0.3, 0.4) is 0 Å². The van der Waals surface area contributed by atoms with Crippen molar-refractivity contribution in [2.75, 3.05) is 12.5 Å². The fraction of sp³-hybridized carbons (Fsp3) is 0.500. The van der Waals surface area contributed by atoms with Gasteiger partial charge in [-0.15, -0.1) is 11.6 Å². The van der Waals surface area contributed by atoms with Crippen molar-refractivity contribution in [2.45, 2.75) is 32.6 Å². The van der Waals surface area contributed by atoms with Crippen molar-refractivity contribution in [1.82, 2.24) is 0 Å². The van der Waals surface area contributed by atoms with E-state index in [1.54, 1.807) is 0 Å². The summed E-state index contributed by atoms with van der Waals surface area (Å²) in [6.07, 6.45) is 4.74. The molecule has 18 heavy (non-hydrogen) atoms. The summed E-state index contributed by atoms with van der Waals surface area (Å²) in [5.74, 6) is 8.52. The summed E-state index contributed by atoms with van der Waals surface area (Å²) < 4.78 is 5.80. The molecule has 0 bridgehead atoms. The molecule has 0 saturated heterocycles. The van der Waals surface area contributed by atoms with Gasteiger partial charge >= 0.3 is 0 Å². The van der Waals surface area contributed by atoms with Gasteiger partial charge in [0.15, 0.2) is 0 Å². The molecule has 1 nitrogen and oxygen atoms in total. The highest BCUT2D eigenvalue weighted by Crippen LogP contribution is 2.27. The third-order valence-corrected chi connectivity index (χ3v) is 3.54. The van der Waals surface area contributed by atoms with Crippen LogP contribution in [0.5, 0.6) is 5.75 Å². The Morgan fingerprint density at radius 1 is 1.39 bits per heavy atom. The molecule has 0 amide bonds. The van der Waals surface area contributed by atoms with Crippen LogP contribution in [0.4, 0.5) is 0 Å². The smallest absolute Gasteiger partial charge is 0.119 e. The maximum absolute atomic E-state index is 5.80. The number of rotatable bonds is 4. The number of ether oxygens (including phenoxy) is 1. The second-order valence-electron chi connectivity index (χ2n) is 4.83. The van der Waals surface area contributed by atoms with Gasteiger partial charge in [-0.2, -0.15) is 0 Å². The van der Waals surface area contributed by atoms with E-state index in [1.165, 1.54) is 24.8 Å². The van der Waals surface area contributed by atoms with Gasteiger partial charge in [0.2, 0.25) is 0 Å². The van der Waals surface area contributed by atoms with Crippen molar-refractivity contribution in [2.24, 2.45) is 5.92 Å². The highest BCUT2D eigenvalue weighted by atomic mass is 35.5. The molecule has 0 radical (unpaired) electrons. The molecule has 2 heteroatoms. The van der Waals surface area contributed by atoms with Crippen LogP contribution in [-0.4, -0.2) is 12.5 Å². The third-order valence-electron chi connectivity index (χ3n) is 3.35. The summed E-state index contributed by atoms with van der Waals surface area (Å²) in [4.78, 5) is 0. The molecule has 1 aliphatic carbocycles. The van der Waals surface area contributed by atoms with Crippen LogP contribution in [0.25, 0.3) is 0 Å². The second-order valence-corrected chi connectivity index (χ2v) is 5.20. The Hall–Kier alpha value is -1.13. The first kappa shape index (κ1) is 13.3. The monoisotopic (exact) mass is 262 g/mol. The van der Waals surface area contributed by atoms with E-state index in [1.807, 2.05) is 12.1 Å². The molecule has 0 heterocycles. The van der Waals surface area contributed by atoms with E-state index < -0.39 is 0 Å². The average molecular weight is 263 g/mol. The summed E-state index contributed by atoms with van der Waals surface area (Å²) in [5, 5.41) is 0. The minimum Gasteiger partial charge on any atom is -0.493 e. The van der Waals surface area contributed by atoms with E-state index >= 15 is 0 Å². The Morgan fingerprint density at radius 3 is 2.83 bits per heavy atom. The van der Waals surface area contributed by atoms with Crippen LogP contribution in [0.15, 0.2) is 18.2 Å². The van der Waals surface area contributed by atoms with Gasteiger partial charge in [-0.25, -0.2) is 0 Å². The SMILES string of the molecule is Cc1cc(OCC2CCC2)ccc1C#CCCCl. The first-order chi connectivity index (χ1) is 8.79. The van der Waals surface area contributed by atoms with E-state index in [0.29, 0.717) is 5.88 Å². The lowest BCUT2D eigenvalue weighted by molar-refractivity contribution is 0.180. The number of aryl methyl sites for hydroxylation is 1. The molecule has 0 unspecified atom stereocenters. The van der Waals surface area contributed by atoms with Crippen molar-refractivity contribution >= 4 is 11.6 Å². The van der Waals surface area contributed by atoms with Crippen LogP contribution in [0.2, 0.25) is 0 Å². The van der Waals surface area contributed by atoms with Crippen molar-refractivity contribution in [1.29, 1.82) is 0 Å². The third kappa shape index (κ3) is 3.68. The van der Waals surface area contributed by atoms with E-state index in [2.05, 4.69) is 24.8 Å². The molecule has 96 valence electrons. The van der Waals surface area contributed by atoms with Gasteiger partial charge in [0.25, 0.3) is 0 Å². The van der Waals surface area contributed by atoms with Gasteiger partial charge in [-0.1, -0.05) is 18.3 Å². The van der Waals surface area contributed by atoms with Crippen molar-refractivity contribution in [3.05, 3.63) is 29.3 Å². The van der Waals surface area contributed by atoms with Crippen LogP contribution in [-0.2, 0) is 0 Å². The highest BCUT2D eigenvalue weighted by molar-refractivity contribution is 6.18. The number of benzene rings is 1. The topological polar surface area (TPSA) is 9.23 Å². The highest BCUT2D eigenvalue weighted by Gasteiger charge is 2.17. The minimum absolute atomic E-state index is 0.592. The lowest BCUT2D eigenvalue weighted by atomic mass is 9.86. The van der Waals surface area contributed by atoms with Crippen molar-refractivity contribution < 1.29 is 4.74 Å². The largest absolute Gasteiger partial charge is 0.493 e. The molecule has 0 aliphatic heterocycles. The number of alkyl halides is 1. The minimum atomic E-state index is 0.592. The molecular formula is C16H19ClO. The molecule has 1 aromatic carbocycles. The van der Waals surface area contributed by atoms with E-state index in [4.69, 9.17) is 16.3 Å². The molecule has 1 fully saturated rings.